The van der Waals surface area contributed by atoms with Crippen molar-refractivity contribution in [1.82, 2.24) is 30.0 Å². The summed E-state index contributed by atoms with van der Waals surface area (Å²) in [5, 5.41) is 21.3. The molecule has 3 heterocycles. The number of hydrogen-bond acceptors (Lipinski definition) is 7. The highest BCUT2D eigenvalue weighted by Gasteiger charge is 2.29. The van der Waals surface area contributed by atoms with Gasteiger partial charge in [0.25, 0.3) is 11.8 Å². The van der Waals surface area contributed by atoms with Crippen molar-refractivity contribution in [3.05, 3.63) is 71.9 Å². The number of carbonyl (C=O) groups is 1. The topological polar surface area (TPSA) is 114 Å². The van der Waals surface area contributed by atoms with Gasteiger partial charge in [-0.1, -0.05) is 40.7 Å². The van der Waals surface area contributed by atoms with Gasteiger partial charge in [-0.15, -0.1) is 5.10 Å². The maximum atomic E-state index is 12.8. The molecule has 1 aliphatic heterocycles. The molecule has 9 heteroatoms. The second kappa shape index (κ2) is 7.84. The van der Waals surface area contributed by atoms with Gasteiger partial charge in [-0.3, -0.25) is 4.79 Å². The summed E-state index contributed by atoms with van der Waals surface area (Å²) in [4.78, 5) is 18.9. The monoisotopic (exact) mass is 411 g/mol. The average Bonchev–Trinajstić information content (AvgIpc) is 3.59. The number of aromatic nitrogens is 5. The van der Waals surface area contributed by atoms with Gasteiger partial charge in [-0.2, -0.15) is 10.2 Å². The third kappa shape index (κ3) is 3.67. The fourth-order valence-electron chi connectivity index (χ4n) is 3.60. The maximum Gasteiger partial charge on any atom is 0.280 e. The first-order valence-electron chi connectivity index (χ1n) is 9.82. The van der Waals surface area contributed by atoms with Crippen LogP contribution in [-0.2, 0) is 0 Å². The van der Waals surface area contributed by atoms with Gasteiger partial charge in [0.05, 0.1) is 23.9 Å². The van der Waals surface area contributed by atoms with Gasteiger partial charge in [0, 0.05) is 24.2 Å². The number of nitriles is 1. The van der Waals surface area contributed by atoms with Crippen LogP contribution in [0.2, 0.25) is 0 Å². The van der Waals surface area contributed by atoms with Gasteiger partial charge in [0.15, 0.2) is 5.69 Å². The Morgan fingerprint density at radius 3 is 2.71 bits per heavy atom. The third-order valence-corrected chi connectivity index (χ3v) is 5.27. The molecule has 0 spiro atoms. The second-order valence-corrected chi connectivity index (χ2v) is 7.26. The van der Waals surface area contributed by atoms with Crippen LogP contribution in [-0.4, -0.2) is 49.0 Å². The van der Waals surface area contributed by atoms with Crippen LogP contribution in [0, 0.1) is 11.3 Å². The molecule has 1 unspecified atom stereocenters. The van der Waals surface area contributed by atoms with Crippen molar-refractivity contribution in [2.24, 2.45) is 0 Å². The molecule has 1 aliphatic rings. The van der Waals surface area contributed by atoms with Gasteiger partial charge in [0.1, 0.15) is 0 Å². The van der Waals surface area contributed by atoms with Gasteiger partial charge in [0.2, 0.25) is 5.82 Å². The summed E-state index contributed by atoms with van der Waals surface area (Å²) in [6.07, 6.45) is 2.53. The van der Waals surface area contributed by atoms with Gasteiger partial charge in [-0.25, -0.2) is 4.68 Å². The Bertz CT molecular complexity index is 1260. The minimum Gasteiger partial charge on any atom is -0.336 e. The SMILES string of the molecule is N#Cc1ccc(C(=O)N2CCC(n3cc(-c4nc(-c5ccccc5)no4)nn3)C2)cc1. The molecule has 1 atom stereocenters. The molecular weight excluding hydrogens is 394 g/mol. The lowest BCUT2D eigenvalue weighted by atomic mass is 10.1. The van der Waals surface area contributed by atoms with E-state index in [1.807, 2.05) is 30.3 Å². The molecule has 1 saturated heterocycles. The number of carbonyl (C=O) groups excluding carboxylic acids is 1. The molecule has 2 aromatic heterocycles. The first-order valence-corrected chi connectivity index (χ1v) is 9.82. The summed E-state index contributed by atoms with van der Waals surface area (Å²) in [6.45, 7) is 1.15. The van der Waals surface area contributed by atoms with Crippen LogP contribution >= 0.6 is 0 Å². The Morgan fingerprint density at radius 2 is 1.94 bits per heavy atom. The smallest absolute Gasteiger partial charge is 0.280 e. The second-order valence-electron chi connectivity index (χ2n) is 7.26. The molecule has 1 amide bonds. The molecule has 31 heavy (non-hydrogen) atoms. The lowest BCUT2D eigenvalue weighted by Gasteiger charge is -2.16. The van der Waals surface area contributed by atoms with Crippen LogP contribution in [0.5, 0.6) is 0 Å². The van der Waals surface area contributed by atoms with Crippen LogP contribution in [0.1, 0.15) is 28.4 Å². The highest BCUT2D eigenvalue weighted by molar-refractivity contribution is 5.94. The minimum absolute atomic E-state index is 0.0140. The first-order chi connectivity index (χ1) is 15.2. The normalized spacial score (nSPS) is 15.7. The average molecular weight is 411 g/mol. The van der Waals surface area contributed by atoms with E-state index in [1.54, 1.807) is 40.0 Å². The highest BCUT2D eigenvalue weighted by Crippen LogP contribution is 2.25. The van der Waals surface area contributed by atoms with Gasteiger partial charge >= 0.3 is 0 Å². The van der Waals surface area contributed by atoms with E-state index >= 15 is 0 Å². The highest BCUT2D eigenvalue weighted by atomic mass is 16.5. The molecule has 0 radical (unpaired) electrons. The van der Waals surface area contributed by atoms with Crippen LogP contribution in [0.3, 0.4) is 0 Å². The summed E-state index contributed by atoms with van der Waals surface area (Å²) in [7, 11) is 0. The van der Waals surface area contributed by atoms with Crippen molar-refractivity contribution in [2.45, 2.75) is 12.5 Å². The molecule has 1 fully saturated rings. The molecule has 9 nitrogen and oxygen atoms in total. The molecule has 2 aromatic carbocycles. The number of amides is 1. The van der Waals surface area contributed by atoms with Crippen LogP contribution in [0.15, 0.2) is 65.3 Å². The van der Waals surface area contributed by atoms with E-state index in [0.29, 0.717) is 41.6 Å². The first kappa shape index (κ1) is 18.7. The van der Waals surface area contributed by atoms with Crippen molar-refractivity contribution in [2.75, 3.05) is 13.1 Å². The Kier molecular flexibility index (Phi) is 4.72. The molecule has 0 saturated carbocycles. The Hall–Kier alpha value is -4.32. The molecule has 152 valence electrons. The molecule has 0 N–H and O–H groups in total. The number of benzene rings is 2. The Morgan fingerprint density at radius 1 is 1.13 bits per heavy atom. The number of likely N-dealkylation sites (tertiary alicyclic amines) is 1. The van der Waals surface area contributed by atoms with Crippen molar-refractivity contribution >= 4 is 5.91 Å². The van der Waals surface area contributed by atoms with E-state index < -0.39 is 0 Å². The van der Waals surface area contributed by atoms with Crippen molar-refractivity contribution < 1.29 is 9.32 Å². The van der Waals surface area contributed by atoms with E-state index in [0.717, 1.165) is 12.0 Å². The van der Waals surface area contributed by atoms with Crippen LogP contribution in [0.25, 0.3) is 23.0 Å². The van der Waals surface area contributed by atoms with Crippen LogP contribution in [0.4, 0.5) is 0 Å². The summed E-state index contributed by atoms with van der Waals surface area (Å²) >= 11 is 0. The van der Waals surface area contributed by atoms with E-state index in [4.69, 9.17) is 9.78 Å². The molecule has 0 bridgehead atoms. The van der Waals surface area contributed by atoms with Crippen molar-refractivity contribution in [3.63, 3.8) is 0 Å². The fraction of sp³-hybridized carbons (Fsp3) is 0.182. The van der Waals surface area contributed by atoms with Gasteiger partial charge in [-0.05, 0) is 30.7 Å². The lowest BCUT2D eigenvalue weighted by molar-refractivity contribution is 0.0787. The van der Waals surface area contributed by atoms with E-state index in [-0.39, 0.29) is 11.9 Å². The summed E-state index contributed by atoms with van der Waals surface area (Å²) in [6, 6.07) is 18.3. The Balaban J connectivity index is 1.28. The summed E-state index contributed by atoms with van der Waals surface area (Å²) in [5.41, 5.74) is 2.45. The number of nitrogens with zero attached hydrogens (tertiary/aromatic N) is 7. The van der Waals surface area contributed by atoms with Gasteiger partial charge < -0.3 is 9.42 Å². The molecular formula is C22H17N7O2. The summed E-state index contributed by atoms with van der Waals surface area (Å²) in [5.74, 6) is 0.732. The lowest BCUT2D eigenvalue weighted by Crippen LogP contribution is -2.29. The zero-order valence-corrected chi connectivity index (χ0v) is 16.4. The number of hydrogen-bond donors (Lipinski definition) is 0. The zero-order chi connectivity index (χ0) is 21.2. The van der Waals surface area contributed by atoms with E-state index in [9.17, 15) is 4.79 Å². The molecule has 4 aromatic rings. The molecule has 5 rings (SSSR count). The Labute approximate surface area is 177 Å². The standard InChI is InChI=1S/C22H17N7O2/c23-12-15-6-8-17(9-7-15)22(30)28-11-10-18(13-28)29-14-19(25-27-29)21-24-20(26-31-21)16-4-2-1-3-5-16/h1-9,14,18H,10-11,13H2. The predicted molar refractivity (Wildman–Crippen MR) is 109 cm³/mol. The largest absolute Gasteiger partial charge is 0.336 e. The number of rotatable bonds is 4. The molecule has 0 aliphatic carbocycles. The maximum absolute atomic E-state index is 12.8. The van der Waals surface area contributed by atoms with Crippen molar-refractivity contribution in [1.29, 1.82) is 5.26 Å². The quantitative estimate of drug-likeness (QED) is 0.507. The minimum atomic E-state index is -0.0586. The van der Waals surface area contributed by atoms with Crippen LogP contribution < -0.4 is 0 Å². The zero-order valence-electron chi connectivity index (χ0n) is 16.4. The van der Waals surface area contributed by atoms with E-state index in [1.165, 1.54) is 0 Å². The van der Waals surface area contributed by atoms with Crippen molar-refractivity contribution in [3.8, 4) is 29.0 Å². The van der Waals surface area contributed by atoms with E-state index in [2.05, 4.69) is 26.5 Å². The third-order valence-electron chi connectivity index (χ3n) is 5.27. The summed E-state index contributed by atoms with van der Waals surface area (Å²) < 4.78 is 7.10. The fourth-order valence-corrected chi connectivity index (χ4v) is 3.60. The predicted octanol–water partition coefficient (Wildman–Crippen LogP) is 2.95.